The van der Waals surface area contributed by atoms with E-state index in [1.54, 1.807) is 11.3 Å². The van der Waals surface area contributed by atoms with E-state index in [0.717, 1.165) is 31.3 Å². The molecule has 0 aliphatic carbocycles. The van der Waals surface area contributed by atoms with Gasteiger partial charge in [-0.25, -0.2) is 4.98 Å². The van der Waals surface area contributed by atoms with E-state index in [1.165, 1.54) is 15.9 Å². The van der Waals surface area contributed by atoms with E-state index in [9.17, 15) is 0 Å². The van der Waals surface area contributed by atoms with Crippen LogP contribution in [0, 0.1) is 0 Å². The fourth-order valence-electron chi connectivity index (χ4n) is 2.45. The average molecular weight is 259 g/mol. The molecule has 0 spiro atoms. The summed E-state index contributed by atoms with van der Waals surface area (Å²) in [6.07, 6.45) is 3.86. The van der Waals surface area contributed by atoms with Crippen LogP contribution in [0.1, 0.15) is 0 Å². The van der Waals surface area contributed by atoms with Gasteiger partial charge in [-0.15, -0.1) is 0 Å². The second-order valence-electron chi connectivity index (χ2n) is 4.43. The topological polar surface area (TPSA) is 29.8 Å². The number of fused-ring (bicyclic) bond motifs is 3. The van der Waals surface area contributed by atoms with Crippen LogP contribution < -0.4 is 4.90 Å². The summed E-state index contributed by atoms with van der Waals surface area (Å²) in [5.41, 5.74) is 2.53. The molecule has 1 fully saturated rings. The van der Waals surface area contributed by atoms with Gasteiger partial charge in [-0.1, -0.05) is 11.3 Å². The lowest BCUT2D eigenvalue weighted by atomic mass is 10.2. The number of rotatable bonds is 1. The number of imidazole rings is 1. The summed E-state index contributed by atoms with van der Waals surface area (Å²) in [6.45, 7) is 3.61. The number of ether oxygens (including phenoxy) is 1. The number of anilines is 1. The van der Waals surface area contributed by atoms with Crippen molar-refractivity contribution in [3.63, 3.8) is 0 Å². The van der Waals surface area contributed by atoms with Crippen molar-refractivity contribution >= 4 is 32.2 Å². The van der Waals surface area contributed by atoms with Crippen molar-refractivity contribution in [2.45, 2.75) is 0 Å². The molecular weight excluding hydrogens is 246 g/mol. The smallest absolute Gasteiger partial charge is 0.194 e. The first kappa shape index (κ1) is 10.3. The van der Waals surface area contributed by atoms with Crippen LogP contribution in [0.3, 0.4) is 0 Å². The van der Waals surface area contributed by atoms with Gasteiger partial charge in [0.15, 0.2) is 4.96 Å². The number of nitrogens with zero attached hydrogens (tertiary/aromatic N) is 3. The Labute approximate surface area is 108 Å². The lowest BCUT2D eigenvalue weighted by Crippen LogP contribution is -2.36. The van der Waals surface area contributed by atoms with E-state index in [1.807, 2.05) is 12.4 Å². The summed E-state index contributed by atoms with van der Waals surface area (Å²) in [5, 5.41) is 0. The van der Waals surface area contributed by atoms with E-state index in [0.29, 0.717) is 0 Å². The highest BCUT2D eigenvalue weighted by atomic mass is 32.1. The number of thiazole rings is 1. The third kappa shape index (κ3) is 1.51. The minimum Gasteiger partial charge on any atom is -0.378 e. The molecular formula is C13H13N3OS. The first-order chi connectivity index (χ1) is 8.92. The number of hydrogen-bond acceptors (Lipinski definition) is 4. The molecule has 1 aromatic carbocycles. The van der Waals surface area contributed by atoms with Crippen LogP contribution in [0.15, 0.2) is 30.6 Å². The van der Waals surface area contributed by atoms with Gasteiger partial charge in [-0.2, -0.15) is 0 Å². The lowest BCUT2D eigenvalue weighted by Gasteiger charge is -2.28. The maximum atomic E-state index is 5.39. The second kappa shape index (κ2) is 3.96. The Kier molecular flexibility index (Phi) is 2.28. The number of benzene rings is 1. The molecule has 0 N–H and O–H groups in total. The molecule has 3 aromatic rings. The molecule has 2 aromatic heterocycles. The van der Waals surface area contributed by atoms with Gasteiger partial charge < -0.3 is 9.64 Å². The summed E-state index contributed by atoms with van der Waals surface area (Å²) >= 11 is 1.74. The molecule has 18 heavy (non-hydrogen) atoms. The Morgan fingerprint density at radius 1 is 1.22 bits per heavy atom. The van der Waals surface area contributed by atoms with Crippen LogP contribution in [0.4, 0.5) is 5.69 Å². The maximum absolute atomic E-state index is 5.39. The lowest BCUT2D eigenvalue weighted by molar-refractivity contribution is 0.122. The van der Waals surface area contributed by atoms with E-state index < -0.39 is 0 Å². The highest BCUT2D eigenvalue weighted by molar-refractivity contribution is 7.23. The maximum Gasteiger partial charge on any atom is 0.194 e. The summed E-state index contributed by atoms with van der Waals surface area (Å²) in [6, 6.07) is 6.64. The summed E-state index contributed by atoms with van der Waals surface area (Å²) in [5.74, 6) is 0. The SMILES string of the molecule is c1cn2c(n1)sc1cc(N3CCOCC3)ccc12. The molecule has 1 saturated heterocycles. The third-order valence-corrected chi connectivity index (χ3v) is 4.42. The number of morpholine rings is 1. The normalized spacial score (nSPS) is 16.8. The van der Waals surface area contributed by atoms with Crippen molar-refractivity contribution in [3.05, 3.63) is 30.6 Å². The molecule has 0 amide bonds. The predicted octanol–water partition coefficient (Wildman–Crippen LogP) is 2.39. The van der Waals surface area contributed by atoms with Crippen molar-refractivity contribution in [3.8, 4) is 0 Å². The summed E-state index contributed by atoms with van der Waals surface area (Å²) in [4.78, 5) is 7.79. The molecule has 0 bridgehead atoms. The van der Waals surface area contributed by atoms with E-state index in [-0.39, 0.29) is 0 Å². The molecule has 4 nitrogen and oxygen atoms in total. The van der Waals surface area contributed by atoms with E-state index >= 15 is 0 Å². The highest BCUT2D eigenvalue weighted by Crippen LogP contribution is 2.29. The molecule has 0 atom stereocenters. The molecule has 1 aliphatic rings. The van der Waals surface area contributed by atoms with Gasteiger partial charge in [-0.3, -0.25) is 4.40 Å². The van der Waals surface area contributed by atoms with Gasteiger partial charge in [0.2, 0.25) is 0 Å². The Morgan fingerprint density at radius 3 is 3.00 bits per heavy atom. The molecule has 0 radical (unpaired) electrons. The van der Waals surface area contributed by atoms with Gasteiger partial charge in [0, 0.05) is 31.2 Å². The number of hydrogen-bond donors (Lipinski definition) is 0. The van der Waals surface area contributed by atoms with Crippen LogP contribution in [0.5, 0.6) is 0 Å². The molecule has 4 rings (SSSR count). The fourth-order valence-corrected chi connectivity index (χ4v) is 3.47. The largest absolute Gasteiger partial charge is 0.378 e. The Balaban J connectivity index is 1.82. The van der Waals surface area contributed by atoms with Gasteiger partial charge in [0.05, 0.1) is 23.4 Å². The third-order valence-electron chi connectivity index (χ3n) is 3.39. The van der Waals surface area contributed by atoms with Crippen molar-refractivity contribution in [1.29, 1.82) is 0 Å². The second-order valence-corrected chi connectivity index (χ2v) is 5.44. The van der Waals surface area contributed by atoms with Gasteiger partial charge in [-0.05, 0) is 18.2 Å². The van der Waals surface area contributed by atoms with Crippen LogP contribution in [0.25, 0.3) is 15.2 Å². The monoisotopic (exact) mass is 259 g/mol. The van der Waals surface area contributed by atoms with Crippen LogP contribution >= 0.6 is 11.3 Å². The predicted molar refractivity (Wildman–Crippen MR) is 73.6 cm³/mol. The van der Waals surface area contributed by atoms with Crippen molar-refractivity contribution in [2.24, 2.45) is 0 Å². The van der Waals surface area contributed by atoms with Gasteiger partial charge >= 0.3 is 0 Å². The molecule has 1 aliphatic heterocycles. The standard InChI is InChI=1S/C13H13N3OS/c1-2-11-12(18-13-14-3-4-16(11)13)9-10(1)15-5-7-17-8-6-15/h1-4,9H,5-8H2. The minimum atomic E-state index is 0.825. The van der Waals surface area contributed by atoms with Crippen LogP contribution in [-0.2, 0) is 4.74 Å². The van der Waals surface area contributed by atoms with Crippen molar-refractivity contribution in [1.82, 2.24) is 9.38 Å². The zero-order chi connectivity index (χ0) is 11.9. The fraction of sp³-hybridized carbons (Fsp3) is 0.308. The molecule has 0 unspecified atom stereocenters. The summed E-state index contributed by atoms with van der Waals surface area (Å²) < 4.78 is 8.83. The zero-order valence-electron chi connectivity index (χ0n) is 9.87. The average Bonchev–Trinajstić information content (AvgIpc) is 2.99. The van der Waals surface area contributed by atoms with E-state index in [4.69, 9.17) is 4.74 Å². The first-order valence-corrected chi connectivity index (χ1v) is 6.92. The Bertz CT molecular complexity index is 696. The van der Waals surface area contributed by atoms with Crippen LogP contribution in [0.2, 0.25) is 0 Å². The van der Waals surface area contributed by atoms with Crippen LogP contribution in [-0.4, -0.2) is 35.7 Å². The highest BCUT2D eigenvalue weighted by Gasteiger charge is 2.13. The van der Waals surface area contributed by atoms with Gasteiger partial charge in [0.25, 0.3) is 0 Å². The Morgan fingerprint density at radius 2 is 2.11 bits per heavy atom. The van der Waals surface area contributed by atoms with E-state index in [2.05, 4.69) is 32.5 Å². The molecule has 0 saturated carbocycles. The molecule has 92 valence electrons. The quantitative estimate of drug-likeness (QED) is 0.672. The summed E-state index contributed by atoms with van der Waals surface area (Å²) in [7, 11) is 0. The van der Waals surface area contributed by atoms with Gasteiger partial charge in [0.1, 0.15) is 0 Å². The Hall–Kier alpha value is -1.59. The minimum absolute atomic E-state index is 0.825. The first-order valence-electron chi connectivity index (χ1n) is 6.10. The van der Waals surface area contributed by atoms with Crippen molar-refractivity contribution < 1.29 is 4.74 Å². The van der Waals surface area contributed by atoms with Crippen molar-refractivity contribution in [2.75, 3.05) is 31.2 Å². The molecule has 5 heteroatoms. The zero-order valence-corrected chi connectivity index (χ0v) is 10.7. The number of aromatic nitrogens is 2. The molecule has 3 heterocycles.